The first kappa shape index (κ1) is 20.1. The van der Waals surface area contributed by atoms with Gasteiger partial charge in [0.05, 0.1) is 26.9 Å². The van der Waals surface area contributed by atoms with Gasteiger partial charge in [-0.1, -0.05) is 0 Å². The molecule has 0 spiro atoms. The molecule has 0 radical (unpaired) electrons. The molecule has 0 saturated heterocycles. The van der Waals surface area contributed by atoms with Crippen LogP contribution in [0.2, 0.25) is 0 Å². The molecule has 2 N–H and O–H groups in total. The molecule has 2 aromatic carbocycles. The Morgan fingerprint density at radius 2 is 1.30 bits per heavy atom. The summed E-state index contributed by atoms with van der Waals surface area (Å²) in [6.45, 7) is -0.0302. The SMILES string of the molecule is COCC(=O)Nc1ccc(NC(=O)c2cc(OC)c(OC)cc2OC)cc1. The Labute approximate surface area is 157 Å². The molecule has 0 aromatic heterocycles. The van der Waals surface area contributed by atoms with Crippen LogP contribution in [-0.2, 0) is 9.53 Å². The standard InChI is InChI=1S/C19H22N2O6/c1-24-11-18(22)20-12-5-7-13(8-6-12)21-19(23)14-9-16(26-3)17(27-4)10-15(14)25-2/h5-10H,11H2,1-4H3,(H,20,22)(H,21,23). The highest BCUT2D eigenvalue weighted by atomic mass is 16.5. The number of carbonyl (C=O) groups is 2. The molecule has 0 atom stereocenters. The van der Waals surface area contributed by atoms with E-state index in [4.69, 9.17) is 18.9 Å². The number of ether oxygens (including phenoxy) is 4. The molecule has 0 fully saturated rings. The molecule has 8 nitrogen and oxygen atoms in total. The fraction of sp³-hybridized carbons (Fsp3) is 0.263. The van der Waals surface area contributed by atoms with Crippen molar-refractivity contribution in [1.29, 1.82) is 0 Å². The molecule has 0 heterocycles. The minimum atomic E-state index is -0.371. The predicted octanol–water partition coefficient (Wildman–Crippen LogP) is 2.55. The largest absolute Gasteiger partial charge is 0.496 e. The summed E-state index contributed by atoms with van der Waals surface area (Å²) in [7, 11) is 5.91. The molecular weight excluding hydrogens is 352 g/mol. The highest BCUT2D eigenvalue weighted by molar-refractivity contribution is 6.06. The van der Waals surface area contributed by atoms with E-state index < -0.39 is 0 Å². The highest BCUT2D eigenvalue weighted by Gasteiger charge is 2.18. The Balaban J connectivity index is 2.16. The molecule has 2 rings (SSSR count). The number of amides is 2. The van der Waals surface area contributed by atoms with Gasteiger partial charge in [-0.2, -0.15) is 0 Å². The lowest BCUT2D eigenvalue weighted by molar-refractivity contribution is -0.119. The Hall–Kier alpha value is -3.26. The van der Waals surface area contributed by atoms with Crippen molar-refractivity contribution >= 4 is 23.2 Å². The van der Waals surface area contributed by atoms with E-state index in [-0.39, 0.29) is 18.4 Å². The van der Waals surface area contributed by atoms with Crippen LogP contribution < -0.4 is 24.8 Å². The zero-order chi connectivity index (χ0) is 19.8. The van der Waals surface area contributed by atoms with Gasteiger partial charge in [-0.25, -0.2) is 0 Å². The lowest BCUT2D eigenvalue weighted by Gasteiger charge is -2.14. The van der Waals surface area contributed by atoms with E-state index in [9.17, 15) is 9.59 Å². The Kier molecular flexibility index (Phi) is 7.01. The zero-order valence-corrected chi connectivity index (χ0v) is 15.6. The molecule has 2 amide bonds. The maximum absolute atomic E-state index is 12.6. The summed E-state index contributed by atoms with van der Waals surface area (Å²) in [5.74, 6) is 0.601. The number of hydrogen-bond donors (Lipinski definition) is 2. The number of carbonyl (C=O) groups excluding carboxylic acids is 2. The van der Waals surface area contributed by atoms with Crippen LogP contribution >= 0.6 is 0 Å². The summed E-state index contributed by atoms with van der Waals surface area (Å²) in [6, 6.07) is 9.83. The van der Waals surface area contributed by atoms with E-state index in [2.05, 4.69) is 10.6 Å². The van der Waals surface area contributed by atoms with Crippen LogP contribution in [0.5, 0.6) is 17.2 Å². The third kappa shape index (κ3) is 5.11. The second-order valence-corrected chi connectivity index (χ2v) is 5.42. The predicted molar refractivity (Wildman–Crippen MR) is 101 cm³/mol. The summed E-state index contributed by atoms with van der Waals surface area (Å²) in [6.07, 6.45) is 0. The van der Waals surface area contributed by atoms with Gasteiger partial charge in [-0.3, -0.25) is 9.59 Å². The molecule has 0 saturated carbocycles. The average molecular weight is 374 g/mol. The lowest BCUT2D eigenvalue weighted by atomic mass is 10.1. The third-order valence-electron chi connectivity index (χ3n) is 3.65. The van der Waals surface area contributed by atoms with Crippen LogP contribution in [0.4, 0.5) is 11.4 Å². The topological polar surface area (TPSA) is 95.1 Å². The van der Waals surface area contributed by atoms with Crippen LogP contribution in [0.1, 0.15) is 10.4 Å². The number of benzene rings is 2. The van der Waals surface area contributed by atoms with Crippen molar-refractivity contribution in [2.24, 2.45) is 0 Å². The highest BCUT2D eigenvalue weighted by Crippen LogP contribution is 2.35. The van der Waals surface area contributed by atoms with E-state index in [1.165, 1.54) is 28.4 Å². The molecule has 0 aliphatic heterocycles. The first-order chi connectivity index (χ1) is 13.0. The van der Waals surface area contributed by atoms with Gasteiger partial charge in [-0.05, 0) is 24.3 Å². The number of anilines is 2. The second kappa shape index (κ2) is 9.44. The van der Waals surface area contributed by atoms with Gasteiger partial charge in [0.2, 0.25) is 5.91 Å². The Morgan fingerprint density at radius 1 is 0.778 bits per heavy atom. The van der Waals surface area contributed by atoms with Gasteiger partial charge in [0.15, 0.2) is 11.5 Å². The monoisotopic (exact) mass is 374 g/mol. The molecule has 27 heavy (non-hydrogen) atoms. The van der Waals surface area contributed by atoms with Crippen molar-refractivity contribution in [3.63, 3.8) is 0 Å². The second-order valence-electron chi connectivity index (χ2n) is 5.42. The van der Waals surface area contributed by atoms with Crippen molar-refractivity contribution in [2.75, 3.05) is 45.7 Å². The van der Waals surface area contributed by atoms with Crippen LogP contribution in [-0.4, -0.2) is 46.9 Å². The van der Waals surface area contributed by atoms with Gasteiger partial charge >= 0.3 is 0 Å². The van der Waals surface area contributed by atoms with Crippen LogP contribution in [0.25, 0.3) is 0 Å². The van der Waals surface area contributed by atoms with Gasteiger partial charge in [0.25, 0.3) is 5.91 Å². The van der Waals surface area contributed by atoms with Crippen molar-refractivity contribution in [3.05, 3.63) is 42.0 Å². The Morgan fingerprint density at radius 3 is 1.81 bits per heavy atom. The molecule has 0 aliphatic carbocycles. The fourth-order valence-electron chi connectivity index (χ4n) is 2.37. The Bertz CT molecular complexity index is 805. The number of nitrogens with one attached hydrogen (secondary N) is 2. The molecule has 8 heteroatoms. The van der Waals surface area contributed by atoms with E-state index in [1.54, 1.807) is 36.4 Å². The molecular formula is C19H22N2O6. The van der Waals surface area contributed by atoms with E-state index in [1.807, 2.05) is 0 Å². The first-order valence-corrected chi connectivity index (χ1v) is 8.02. The van der Waals surface area contributed by atoms with Gasteiger partial charge in [0, 0.05) is 30.6 Å². The summed E-state index contributed by atoms with van der Waals surface area (Å²) in [5.41, 5.74) is 1.45. The number of methoxy groups -OCH3 is 4. The number of hydrogen-bond acceptors (Lipinski definition) is 6. The molecule has 0 bridgehead atoms. The molecule has 2 aromatic rings. The summed E-state index contributed by atoms with van der Waals surface area (Å²) in [4.78, 5) is 24.1. The molecule has 144 valence electrons. The van der Waals surface area contributed by atoms with Crippen LogP contribution in [0.3, 0.4) is 0 Å². The number of rotatable bonds is 8. The minimum absolute atomic E-state index is 0.0302. The van der Waals surface area contributed by atoms with Crippen LogP contribution in [0.15, 0.2) is 36.4 Å². The molecule has 0 aliphatic rings. The van der Waals surface area contributed by atoms with Crippen LogP contribution in [0, 0.1) is 0 Å². The maximum Gasteiger partial charge on any atom is 0.259 e. The quantitative estimate of drug-likeness (QED) is 0.737. The summed E-state index contributed by atoms with van der Waals surface area (Å²) >= 11 is 0. The summed E-state index contributed by atoms with van der Waals surface area (Å²) < 4.78 is 20.5. The van der Waals surface area contributed by atoms with Crippen molar-refractivity contribution < 1.29 is 28.5 Å². The minimum Gasteiger partial charge on any atom is -0.496 e. The van der Waals surface area contributed by atoms with Crippen molar-refractivity contribution in [3.8, 4) is 17.2 Å². The van der Waals surface area contributed by atoms with Crippen molar-refractivity contribution in [1.82, 2.24) is 0 Å². The van der Waals surface area contributed by atoms with Crippen molar-refractivity contribution in [2.45, 2.75) is 0 Å². The smallest absolute Gasteiger partial charge is 0.259 e. The third-order valence-corrected chi connectivity index (χ3v) is 3.65. The lowest BCUT2D eigenvalue weighted by Crippen LogP contribution is -2.17. The zero-order valence-electron chi connectivity index (χ0n) is 15.6. The van der Waals surface area contributed by atoms with E-state index in [0.29, 0.717) is 34.2 Å². The van der Waals surface area contributed by atoms with Gasteiger partial charge in [-0.15, -0.1) is 0 Å². The normalized spacial score (nSPS) is 10.1. The van der Waals surface area contributed by atoms with Gasteiger partial charge in [0.1, 0.15) is 12.4 Å². The maximum atomic E-state index is 12.6. The fourth-order valence-corrected chi connectivity index (χ4v) is 2.37. The van der Waals surface area contributed by atoms with E-state index in [0.717, 1.165) is 0 Å². The summed E-state index contributed by atoms with van der Waals surface area (Å²) in [5, 5.41) is 5.45. The van der Waals surface area contributed by atoms with Gasteiger partial charge < -0.3 is 29.6 Å². The molecule has 0 unspecified atom stereocenters. The first-order valence-electron chi connectivity index (χ1n) is 8.02. The van der Waals surface area contributed by atoms with E-state index >= 15 is 0 Å². The average Bonchev–Trinajstić information content (AvgIpc) is 2.68.